The summed E-state index contributed by atoms with van der Waals surface area (Å²) in [4.78, 5) is 20.8. The number of hydrogen-bond donors (Lipinski definition) is 1. The van der Waals surface area contributed by atoms with Crippen LogP contribution in [-0.2, 0) is 11.2 Å². The number of nitrogens with zero attached hydrogens (tertiary/aromatic N) is 2. The van der Waals surface area contributed by atoms with Gasteiger partial charge in [-0.15, -0.1) is 0 Å². The lowest BCUT2D eigenvalue weighted by Gasteiger charge is -2.25. The number of rotatable bonds is 4. The van der Waals surface area contributed by atoms with Gasteiger partial charge in [0, 0.05) is 17.5 Å². The van der Waals surface area contributed by atoms with Gasteiger partial charge in [0.05, 0.1) is 6.04 Å². The zero-order valence-electron chi connectivity index (χ0n) is 12.6. The Balaban J connectivity index is 1.61. The molecule has 0 bridgehead atoms. The molecule has 0 unspecified atom stereocenters. The summed E-state index contributed by atoms with van der Waals surface area (Å²) >= 11 is 0. The molecule has 2 aromatic rings. The van der Waals surface area contributed by atoms with E-state index in [2.05, 4.69) is 15.3 Å². The monoisotopic (exact) mass is 297 g/mol. The van der Waals surface area contributed by atoms with E-state index in [0.29, 0.717) is 5.75 Å². The Labute approximate surface area is 129 Å². The number of aryl methyl sites for hydroxylation is 2. The van der Waals surface area contributed by atoms with Crippen molar-refractivity contribution in [3.63, 3.8) is 0 Å². The van der Waals surface area contributed by atoms with Gasteiger partial charge >= 0.3 is 0 Å². The predicted octanol–water partition coefficient (Wildman–Crippen LogP) is 2.36. The molecule has 22 heavy (non-hydrogen) atoms. The molecule has 0 aliphatic heterocycles. The summed E-state index contributed by atoms with van der Waals surface area (Å²) in [6.07, 6.45) is 4.72. The minimum atomic E-state index is -0.123. The number of carbonyl (C=O) groups excluding carboxylic acids is 1. The van der Waals surface area contributed by atoms with Crippen molar-refractivity contribution in [1.82, 2.24) is 15.3 Å². The third kappa shape index (κ3) is 3.42. The summed E-state index contributed by atoms with van der Waals surface area (Å²) in [5.41, 5.74) is 2.08. The number of carbonyl (C=O) groups is 1. The third-order valence-electron chi connectivity index (χ3n) is 3.75. The lowest BCUT2D eigenvalue weighted by molar-refractivity contribution is -0.124. The zero-order chi connectivity index (χ0) is 15.4. The van der Waals surface area contributed by atoms with E-state index >= 15 is 0 Å². The highest BCUT2D eigenvalue weighted by atomic mass is 16.5. The standard InChI is InChI=1S/C17H19N3O2/c1-12-18-10-14-15(19-12)8-5-9-16(14)20-17(21)11-22-13-6-3-2-4-7-13/h2-4,6-7,10,16H,5,8-9,11H2,1H3,(H,20,21)/t16-/m1/s1. The van der Waals surface area contributed by atoms with Crippen molar-refractivity contribution in [1.29, 1.82) is 0 Å². The van der Waals surface area contributed by atoms with E-state index in [0.717, 1.165) is 36.3 Å². The van der Waals surface area contributed by atoms with Gasteiger partial charge in [0.15, 0.2) is 6.61 Å². The molecule has 114 valence electrons. The molecule has 5 heteroatoms. The molecule has 0 spiro atoms. The minimum absolute atomic E-state index is 0.0164. The van der Waals surface area contributed by atoms with Crippen LogP contribution in [0.4, 0.5) is 0 Å². The van der Waals surface area contributed by atoms with E-state index in [4.69, 9.17) is 4.74 Å². The maximum atomic E-state index is 12.1. The molecular weight excluding hydrogens is 278 g/mol. The molecule has 1 N–H and O–H groups in total. The van der Waals surface area contributed by atoms with Gasteiger partial charge in [-0.1, -0.05) is 18.2 Å². The Morgan fingerprint density at radius 3 is 3.00 bits per heavy atom. The first-order valence-electron chi connectivity index (χ1n) is 7.52. The second-order valence-electron chi connectivity index (χ2n) is 5.43. The van der Waals surface area contributed by atoms with Crippen molar-refractivity contribution in [3.8, 4) is 5.75 Å². The Morgan fingerprint density at radius 2 is 2.18 bits per heavy atom. The average molecular weight is 297 g/mol. The van der Waals surface area contributed by atoms with Gasteiger partial charge in [-0.2, -0.15) is 0 Å². The molecule has 1 aromatic heterocycles. The van der Waals surface area contributed by atoms with Crippen molar-refractivity contribution < 1.29 is 9.53 Å². The summed E-state index contributed by atoms with van der Waals surface area (Å²) in [5, 5.41) is 3.02. The molecule has 1 amide bonds. The number of ether oxygens (including phenoxy) is 1. The summed E-state index contributed by atoms with van der Waals surface area (Å²) in [5.74, 6) is 1.35. The fraction of sp³-hybridized carbons (Fsp3) is 0.353. The van der Waals surface area contributed by atoms with Gasteiger partial charge < -0.3 is 10.1 Å². The van der Waals surface area contributed by atoms with Crippen LogP contribution in [0.3, 0.4) is 0 Å². The highest BCUT2D eigenvalue weighted by Crippen LogP contribution is 2.27. The van der Waals surface area contributed by atoms with Crippen molar-refractivity contribution in [2.24, 2.45) is 0 Å². The lowest BCUT2D eigenvalue weighted by atomic mass is 9.92. The van der Waals surface area contributed by atoms with Crippen LogP contribution in [0.1, 0.15) is 36.0 Å². The molecule has 0 saturated heterocycles. The smallest absolute Gasteiger partial charge is 0.258 e. The van der Waals surface area contributed by atoms with Gasteiger partial charge in [-0.25, -0.2) is 9.97 Å². The summed E-state index contributed by atoms with van der Waals surface area (Å²) in [7, 11) is 0. The van der Waals surface area contributed by atoms with Gasteiger partial charge in [0.25, 0.3) is 5.91 Å². The van der Waals surface area contributed by atoms with Crippen molar-refractivity contribution in [2.75, 3.05) is 6.61 Å². The van der Waals surface area contributed by atoms with E-state index < -0.39 is 0 Å². The fourth-order valence-electron chi connectivity index (χ4n) is 2.70. The highest BCUT2D eigenvalue weighted by Gasteiger charge is 2.23. The summed E-state index contributed by atoms with van der Waals surface area (Å²) < 4.78 is 5.47. The van der Waals surface area contributed by atoms with Crippen LogP contribution in [0.5, 0.6) is 5.75 Å². The van der Waals surface area contributed by atoms with Crippen molar-refractivity contribution >= 4 is 5.91 Å². The van der Waals surface area contributed by atoms with Crippen molar-refractivity contribution in [3.05, 3.63) is 53.6 Å². The number of para-hydroxylation sites is 1. The van der Waals surface area contributed by atoms with Gasteiger partial charge in [-0.05, 0) is 38.3 Å². The van der Waals surface area contributed by atoms with E-state index in [9.17, 15) is 4.79 Å². The van der Waals surface area contributed by atoms with Gasteiger partial charge in [0.2, 0.25) is 0 Å². The molecule has 1 atom stereocenters. The number of fused-ring (bicyclic) bond motifs is 1. The van der Waals surface area contributed by atoms with Crippen LogP contribution < -0.4 is 10.1 Å². The van der Waals surface area contributed by atoms with Crippen molar-refractivity contribution in [2.45, 2.75) is 32.2 Å². The van der Waals surface area contributed by atoms with Crippen LogP contribution in [0.2, 0.25) is 0 Å². The number of benzene rings is 1. The van der Waals surface area contributed by atoms with Gasteiger partial charge in [0.1, 0.15) is 11.6 Å². The zero-order valence-corrected chi connectivity index (χ0v) is 12.6. The van der Waals surface area contributed by atoms with E-state index in [-0.39, 0.29) is 18.6 Å². The Hall–Kier alpha value is -2.43. The summed E-state index contributed by atoms with van der Waals surface area (Å²) in [6, 6.07) is 9.32. The first kappa shape index (κ1) is 14.5. The first-order valence-corrected chi connectivity index (χ1v) is 7.52. The van der Waals surface area contributed by atoms with Crippen LogP contribution in [0, 0.1) is 6.92 Å². The van der Waals surface area contributed by atoms with Crippen LogP contribution in [0.15, 0.2) is 36.5 Å². The lowest BCUT2D eigenvalue weighted by Crippen LogP contribution is -2.34. The number of hydrogen-bond acceptors (Lipinski definition) is 4. The van der Waals surface area contributed by atoms with Crippen LogP contribution in [0.25, 0.3) is 0 Å². The summed E-state index contributed by atoms with van der Waals surface area (Å²) in [6.45, 7) is 1.90. The SMILES string of the molecule is Cc1ncc2c(n1)CCC[C@H]2NC(=O)COc1ccccc1. The normalized spacial score (nSPS) is 16.7. The van der Waals surface area contributed by atoms with E-state index in [1.165, 1.54) is 0 Å². The molecule has 0 saturated carbocycles. The molecule has 1 aliphatic rings. The predicted molar refractivity (Wildman–Crippen MR) is 82.5 cm³/mol. The molecule has 3 rings (SSSR count). The Bertz CT molecular complexity index is 658. The van der Waals surface area contributed by atoms with E-state index in [1.807, 2.05) is 43.5 Å². The molecule has 5 nitrogen and oxygen atoms in total. The first-order chi connectivity index (χ1) is 10.7. The van der Waals surface area contributed by atoms with Gasteiger partial charge in [-0.3, -0.25) is 4.79 Å². The molecule has 0 radical (unpaired) electrons. The third-order valence-corrected chi connectivity index (χ3v) is 3.75. The van der Waals surface area contributed by atoms with E-state index in [1.54, 1.807) is 0 Å². The highest BCUT2D eigenvalue weighted by molar-refractivity contribution is 5.78. The second kappa shape index (κ2) is 6.56. The molecule has 1 aliphatic carbocycles. The fourth-order valence-corrected chi connectivity index (χ4v) is 2.70. The van der Waals surface area contributed by atoms with Crippen LogP contribution >= 0.6 is 0 Å². The maximum Gasteiger partial charge on any atom is 0.258 e. The Morgan fingerprint density at radius 1 is 1.36 bits per heavy atom. The number of aromatic nitrogens is 2. The largest absolute Gasteiger partial charge is 0.484 e. The molecule has 1 heterocycles. The Kier molecular flexibility index (Phi) is 4.32. The maximum absolute atomic E-state index is 12.1. The second-order valence-corrected chi connectivity index (χ2v) is 5.43. The topological polar surface area (TPSA) is 64.1 Å². The molecule has 0 fully saturated rings. The average Bonchev–Trinajstić information content (AvgIpc) is 2.54. The number of amides is 1. The number of nitrogens with one attached hydrogen (secondary N) is 1. The molecule has 1 aromatic carbocycles. The minimum Gasteiger partial charge on any atom is -0.484 e. The van der Waals surface area contributed by atoms with Crippen LogP contribution in [-0.4, -0.2) is 22.5 Å². The molecular formula is C17H19N3O2. The quantitative estimate of drug-likeness (QED) is 0.941.